The topological polar surface area (TPSA) is 51.2 Å². The Morgan fingerprint density at radius 3 is 2.50 bits per heavy atom. The lowest BCUT2D eigenvalue weighted by molar-refractivity contribution is 0.0792. The van der Waals surface area contributed by atoms with Crippen LogP contribution in [0.15, 0.2) is 42.5 Å². The van der Waals surface area contributed by atoms with E-state index >= 15 is 0 Å². The van der Waals surface area contributed by atoms with Crippen LogP contribution < -0.4 is 14.2 Å². The van der Waals surface area contributed by atoms with Gasteiger partial charge in [0.1, 0.15) is 11.9 Å². The predicted octanol–water partition coefficient (Wildman–Crippen LogP) is 3.69. The van der Waals surface area contributed by atoms with E-state index in [1.54, 1.807) is 0 Å². The van der Waals surface area contributed by atoms with Gasteiger partial charge in [-0.1, -0.05) is 12.1 Å². The Labute approximate surface area is 177 Å². The van der Waals surface area contributed by atoms with Crippen molar-refractivity contribution in [3.8, 4) is 17.2 Å². The second-order valence-corrected chi connectivity index (χ2v) is 8.27. The van der Waals surface area contributed by atoms with Crippen molar-refractivity contribution in [1.82, 2.24) is 9.80 Å². The monoisotopic (exact) mass is 408 g/mol. The Morgan fingerprint density at radius 1 is 0.967 bits per heavy atom. The quantitative estimate of drug-likeness (QED) is 0.755. The van der Waals surface area contributed by atoms with Gasteiger partial charge in [0.05, 0.1) is 0 Å². The summed E-state index contributed by atoms with van der Waals surface area (Å²) in [7, 11) is 0. The molecule has 0 N–H and O–H groups in total. The van der Waals surface area contributed by atoms with Crippen LogP contribution in [0.5, 0.6) is 17.2 Å². The normalized spacial score (nSPS) is 19.3. The number of para-hydroxylation sites is 1. The third kappa shape index (κ3) is 4.10. The maximum atomic E-state index is 12.5. The zero-order chi connectivity index (χ0) is 20.3. The van der Waals surface area contributed by atoms with Crippen molar-refractivity contribution in [3.63, 3.8) is 0 Å². The molecular formula is C24H28N2O4. The summed E-state index contributed by atoms with van der Waals surface area (Å²) in [4.78, 5) is 16.8. The Hall–Kier alpha value is -2.73. The van der Waals surface area contributed by atoms with Gasteiger partial charge in [0.15, 0.2) is 11.5 Å². The van der Waals surface area contributed by atoms with E-state index in [9.17, 15) is 4.79 Å². The van der Waals surface area contributed by atoms with Gasteiger partial charge < -0.3 is 19.1 Å². The Balaban J connectivity index is 1.12. The summed E-state index contributed by atoms with van der Waals surface area (Å²) < 4.78 is 17.3. The van der Waals surface area contributed by atoms with Crippen LogP contribution in [0.1, 0.15) is 41.6 Å². The molecule has 0 spiro atoms. The SMILES string of the molecule is O=C(c1ccc(OC2CCN(Cc3cccc4c3OCO4)CC2)cc1)N1CCCC1. The van der Waals surface area contributed by atoms with Gasteiger partial charge in [-0.2, -0.15) is 0 Å². The van der Waals surface area contributed by atoms with Crippen LogP contribution >= 0.6 is 0 Å². The molecule has 3 aliphatic rings. The number of likely N-dealkylation sites (tertiary alicyclic amines) is 2. The fourth-order valence-electron chi connectivity index (χ4n) is 4.51. The van der Waals surface area contributed by atoms with Crippen molar-refractivity contribution in [2.45, 2.75) is 38.3 Å². The van der Waals surface area contributed by atoms with Crippen LogP contribution in [0.2, 0.25) is 0 Å². The van der Waals surface area contributed by atoms with Crippen molar-refractivity contribution in [3.05, 3.63) is 53.6 Å². The highest BCUT2D eigenvalue weighted by Gasteiger charge is 2.24. The van der Waals surface area contributed by atoms with Gasteiger partial charge in [0, 0.05) is 43.9 Å². The average Bonchev–Trinajstić information content (AvgIpc) is 3.48. The summed E-state index contributed by atoms with van der Waals surface area (Å²) in [5, 5.41) is 0. The minimum absolute atomic E-state index is 0.133. The van der Waals surface area contributed by atoms with Gasteiger partial charge in [-0.3, -0.25) is 9.69 Å². The lowest BCUT2D eigenvalue weighted by atomic mass is 10.1. The van der Waals surface area contributed by atoms with Crippen LogP contribution in [0.3, 0.4) is 0 Å². The molecule has 0 radical (unpaired) electrons. The molecule has 1 amide bonds. The Kier molecular flexibility index (Phi) is 5.49. The van der Waals surface area contributed by atoms with Gasteiger partial charge in [-0.25, -0.2) is 0 Å². The highest BCUT2D eigenvalue weighted by molar-refractivity contribution is 5.94. The molecule has 0 saturated carbocycles. The minimum Gasteiger partial charge on any atom is -0.490 e. The molecule has 0 atom stereocenters. The maximum Gasteiger partial charge on any atom is 0.253 e. The largest absolute Gasteiger partial charge is 0.490 e. The Morgan fingerprint density at radius 2 is 1.73 bits per heavy atom. The molecule has 6 nitrogen and oxygen atoms in total. The summed E-state index contributed by atoms with van der Waals surface area (Å²) in [5.74, 6) is 2.71. The summed E-state index contributed by atoms with van der Waals surface area (Å²) in [5.41, 5.74) is 1.93. The molecule has 0 aromatic heterocycles. The molecule has 2 fully saturated rings. The fraction of sp³-hybridized carbons (Fsp3) is 0.458. The molecule has 2 saturated heterocycles. The smallest absolute Gasteiger partial charge is 0.253 e. The molecule has 3 aliphatic heterocycles. The van der Waals surface area contributed by atoms with Gasteiger partial charge in [-0.05, 0) is 56.0 Å². The summed E-state index contributed by atoms with van der Waals surface area (Å²) >= 11 is 0. The Bertz CT molecular complexity index is 885. The number of ether oxygens (including phenoxy) is 3. The number of hydrogen-bond acceptors (Lipinski definition) is 5. The molecular weight excluding hydrogens is 380 g/mol. The molecule has 5 rings (SSSR count). The van der Waals surface area contributed by atoms with E-state index in [0.29, 0.717) is 6.79 Å². The number of rotatable bonds is 5. The first-order chi connectivity index (χ1) is 14.8. The molecule has 6 heteroatoms. The van der Waals surface area contributed by atoms with Gasteiger partial charge in [0.25, 0.3) is 5.91 Å². The van der Waals surface area contributed by atoms with E-state index in [2.05, 4.69) is 11.0 Å². The molecule has 3 heterocycles. The van der Waals surface area contributed by atoms with Crippen molar-refractivity contribution in [2.24, 2.45) is 0 Å². The molecule has 2 aromatic carbocycles. The standard InChI is InChI=1S/C24H28N2O4/c27-24(26-12-1-2-13-26)18-6-8-20(9-7-18)30-21-10-14-25(15-11-21)16-19-4-3-5-22-23(19)29-17-28-22/h3-9,21H,1-2,10-17H2. The summed E-state index contributed by atoms with van der Waals surface area (Å²) in [6.45, 7) is 4.90. The first-order valence-corrected chi connectivity index (χ1v) is 10.9. The van der Waals surface area contributed by atoms with Crippen molar-refractivity contribution < 1.29 is 19.0 Å². The van der Waals surface area contributed by atoms with E-state index in [0.717, 1.165) is 81.2 Å². The number of carbonyl (C=O) groups is 1. The lowest BCUT2D eigenvalue weighted by Gasteiger charge is -2.32. The van der Waals surface area contributed by atoms with E-state index in [-0.39, 0.29) is 12.0 Å². The molecule has 30 heavy (non-hydrogen) atoms. The van der Waals surface area contributed by atoms with Gasteiger partial charge in [0.2, 0.25) is 6.79 Å². The van der Waals surface area contributed by atoms with Crippen LogP contribution in [0.25, 0.3) is 0 Å². The van der Waals surface area contributed by atoms with Crippen molar-refractivity contribution in [1.29, 1.82) is 0 Å². The second kappa shape index (κ2) is 8.56. The molecule has 2 aromatic rings. The zero-order valence-corrected chi connectivity index (χ0v) is 17.2. The lowest BCUT2D eigenvalue weighted by Crippen LogP contribution is -2.37. The molecule has 158 valence electrons. The fourth-order valence-corrected chi connectivity index (χ4v) is 4.51. The van der Waals surface area contributed by atoms with E-state index in [4.69, 9.17) is 14.2 Å². The van der Waals surface area contributed by atoms with E-state index in [1.807, 2.05) is 41.3 Å². The van der Waals surface area contributed by atoms with E-state index in [1.165, 1.54) is 5.56 Å². The van der Waals surface area contributed by atoms with Gasteiger partial charge in [-0.15, -0.1) is 0 Å². The molecule has 0 unspecified atom stereocenters. The number of amides is 1. The zero-order valence-electron chi connectivity index (χ0n) is 17.2. The third-order valence-corrected chi connectivity index (χ3v) is 6.20. The first kappa shape index (κ1) is 19.2. The number of fused-ring (bicyclic) bond motifs is 1. The van der Waals surface area contributed by atoms with Gasteiger partial charge >= 0.3 is 0 Å². The van der Waals surface area contributed by atoms with E-state index < -0.39 is 0 Å². The predicted molar refractivity (Wildman–Crippen MR) is 113 cm³/mol. The number of piperidine rings is 1. The number of hydrogen-bond donors (Lipinski definition) is 0. The van der Waals surface area contributed by atoms with Crippen molar-refractivity contribution in [2.75, 3.05) is 33.0 Å². The van der Waals surface area contributed by atoms with Crippen LogP contribution in [0, 0.1) is 0 Å². The molecule has 0 bridgehead atoms. The first-order valence-electron chi connectivity index (χ1n) is 10.9. The summed E-state index contributed by atoms with van der Waals surface area (Å²) in [6, 6.07) is 13.7. The van der Waals surface area contributed by atoms with Crippen LogP contribution in [-0.4, -0.2) is 54.8 Å². The number of carbonyl (C=O) groups excluding carboxylic acids is 1. The molecule has 0 aliphatic carbocycles. The number of nitrogens with zero attached hydrogens (tertiary/aromatic N) is 2. The maximum absolute atomic E-state index is 12.5. The number of benzene rings is 2. The van der Waals surface area contributed by atoms with Crippen molar-refractivity contribution >= 4 is 5.91 Å². The summed E-state index contributed by atoms with van der Waals surface area (Å²) in [6.07, 6.45) is 4.41. The third-order valence-electron chi connectivity index (χ3n) is 6.20. The highest BCUT2D eigenvalue weighted by atomic mass is 16.7. The van der Waals surface area contributed by atoms with Crippen LogP contribution in [-0.2, 0) is 6.54 Å². The van der Waals surface area contributed by atoms with Crippen LogP contribution in [0.4, 0.5) is 0 Å². The average molecular weight is 408 g/mol. The second-order valence-electron chi connectivity index (χ2n) is 8.27. The minimum atomic E-state index is 0.133. The highest BCUT2D eigenvalue weighted by Crippen LogP contribution is 2.36.